The highest BCUT2D eigenvalue weighted by atomic mass is 16.2. The fourth-order valence-corrected chi connectivity index (χ4v) is 2.59. The summed E-state index contributed by atoms with van der Waals surface area (Å²) in [6.07, 6.45) is 4.88. The van der Waals surface area contributed by atoms with Crippen molar-refractivity contribution < 1.29 is 9.59 Å². The van der Waals surface area contributed by atoms with Crippen molar-refractivity contribution in [1.29, 1.82) is 0 Å². The van der Waals surface area contributed by atoms with Crippen LogP contribution in [-0.2, 0) is 9.59 Å². The van der Waals surface area contributed by atoms with Crippen molar-refractivity contribution in [3.8, 4) is 0 Å². The normalized spacial score (nSPS) is 27.4. The molecule has 1 aliphatic carbocycles. The van der Waals surface area contributed by atoms with Crippen molar-refractivity contribution in [2.45, 2.75) is 38.1 Å². The Morgan fingerprint density at radius 3 is 2.67 bits per heavy atom. The average molecular weight is 211 g/mol. The standard InChI is InChI=1S/C10H17N3O2/c11-12-10(15)7-5-9(14)13(6-7)8-3-1-2-4-8/h7-8H,1-6,11H2,(H,12,15)/t7-/m0/s1. The van der Waals surface area contributed by atoms with E-state index in [1.165, 1.54) is 12.8 Å². The van der Waals surface area contributed by atoms with Gasteiger partial charge in [0.25, 0.3) is 0 Å². The highest BCUT2D eigenvalue weighted by Crippen LogP contribution is 2.29. The lowest BCUT2D eigenvalue weighted by atomic mass is 10.1. The van der Waals surface area contributed by atoms with E-state index in [0.29, 0.717) is 19.0 Å². The number of rotatable bonds is 2. The van der Waals surface area contributed by atoms with Crippen LogP contribution in [0.3, 0.4) is 0 Å². The molecule has 5 nitrogen and oxygen atoms in total. The molecular formula is C10H17N3O2. The zero-order valence-corrected chi connectivity index (χ0v) is 8.74. The molecule has 1 atom stereocenters. The van der Waals surface area contributed by atoms with Crippen LogP contribution in [0.2, 0.25) is 0 Å². The lowest BCUT2D eigenvalue weighted by Gasteiger charge is -2.23. The van der Waals surface area contributed by atoms with Crippen LogP contribution in [0.1, 0.15) is 32.1 Å². The summed E-state index contributed by atoms with van der Waals surface area (Å²) in [5, 5.41) is 0. The number of amides is 2. The first-order chi connectivity index (χ1) is 7.22. The molecule has 0 bridgehead atoms. The molecule has 0 spiro atoms. The maximum Gasteiger partial charge on any atom is 0.239 e. The topological polar surface area (TPSA) is 75.4 Å². The van der Waals surface area contributed by atoms with E-state index < -0.39 is 0 Å². The SMILES string of the molecule is NNC(=O)[C@H]1CC(=O)N(C2CCCC2)C1. The highest BCUT2D eigenvalue weighted by molar-refractivity contribution is 5.89. The van der Waals surface area contributed by atoms with Crippen LogP contribution in [0.5, 0.6) is 0 Å². The van der Waals surface area contributed by atoms with Gasteiger partial charge in [0.05, 0.1) is 5.92 Å². The number of likely N-dealkylation sites (tertiary alicyclic amines) is 1. The van der Waals surface area contributed by atoms with E-state index in [-0.39, 0.29) is 17.7 Å². The van der Waals surface area contributed by atoms with Crippen molar-refractivity contribution >= 4 is 11.8 Å². The van der Waals surface area contributed by atoms with Gasteiger partial charge in [-0.25, -0.2) is 5.84 Å². The second kappa shape index (κ2) is 4.18. The van der Waals surface area contributed by atoms with Crippen molar-refractivity contribution in [2.75, 3.05) is 6.54 Å². The third-order valence-electron chi connectivity index (χ3n) is 3.44. The Labute approximate surface area is 89.0 Å². The molecule has 1 saturated carbocycles. The molecule has 1 aliphatic heterocycles. The van der Waals surface area contributed by atoms with Crippen molar-refractivity contribution in [1.82, 2.24) is 10.3 Å². The molecule has 84 valence electrons. The highest BCUT2D eigenvalue weighted by Gasteiger charge is 2.38. The fraction of sp³-hybridized carbons (Fsp3) is 0.800. The molecule has 3 N–H and O–H groups in total. The van der Waals surface area contributed by atoms with E-state index >= 15 is 0 Å². The Kier molecular flexibility index (Phi) is 2.90. The Morgan fingerprint density at radius 1 is 1.40 bits per heavy atom. The Hall–Kier alpha value is -1.10. The molecule has 2 rings (SSSR count). The van der Waals surface area contributed by atoms with Gasteiger partial charge in [0.15, 0.2) is 0 Å². The largest absolute Gasteiger partial charge is 0.339 e. The van der Waals surface area contributed by atoms with Gasteiger partial charge in [0.2, 0.25) is 11.8 Å². The van der Waals surface area contributed by atoms with Gasteiger partial charge in [-0.2, -0.15) is 0 Å². The molecular weight excluding hydrogens is 194 g/mol. The zero-order valence-electron chi connectivity index (χ0n) is 8.74. The summed E-state index contributed by atoms with van der Waals surface area (Å²) in [6, 6.07) is 0.369. The van der Waals surface area contributed by atoms with Crippen LogP contribution in [0.4, 0.5) is 0 Å². The van der Waals surface area contributed by atoms with E-state index in [4.69, 9.17) is 5.84 Å². The first-order valence-electron chi connectivity index (χ1n) is 5.52. The third kappa shape index (κ3) is 1.97. The molecule has 2 fully saturated rings. The number of carbonyl (C=O) groups excluding carboxylic acids is 2. The minimum atomic E-state index is -0.247. The summed E-state index contributed by atoms with van der Waals surface area (Å²) in [4.78, 5) is 24.9. The van der Waals surface area contributed by atoms with E-state index in [1.807, 2.05) is 4.90 Å². The van der Waals surface area contributed by atoms with Crippen LogP contribution in [-0.4, -0.2) is 29.3 Å². The van der Waals surface area contributed by atoms with Crippen molar-refractivity contribution in [3.63, 3.8) is 0 Å². The van der Waals surface area contributed by atoms with Crippen LogP contribution >= 0.6 is 0 Å². The molecule has 15 heavy (non-hydrogen) atoms. The number of hydrogen-bond acceptors (Lipinski definition) is 3. The van der Waals surface area contributed by atoms with E-state index in [1.54, 1.807) is 0 Å². The molecule has 2 amide bonds. The maximum atomic E-state index is 11.7. The molecule has 0 aromatic heterocycles. The Bertz CT molecular complexity index is 274. The van der Waals surface area contributed by atoms with Gasteiger partial charge in [-0.05, 0) is 12.8 Å². The molecule has 0 unspecified atom stereocenters. The van der Waals surface area contributed by atoms with Crippen LogP contribution in [0, 0.1) is 5.92 Å². The Morgan fingerprint density at radius 2 is 2.07 bits per heavy atom. The first kappa shape index (κ1) is 10.4. The summed E-state index contributed by atoms with van der Waals surface area (Å²) in [7, 11) is 0. The first-order valence-corrected chi connectivity index (χ1v) is 5.52. The quantitative estimate of drug-likeness (QED) is 0.376. The molecule has 5 heteroatoms. The predicted molar refractivity (Wildman–Crippen MR) is 54.4 cm³/mol. The molecule has 2 aliphatic rings. The van der Waals surface area contributed by atoms with Crippen molar-refractivity contribution in [2.24, 2.45) is 11.8 Å². The molecule has 0 radical (unpaired) electrons. The zero-order chi connectivity index (χ0) is 10.8. The number of hydrogen-bond donors (Lipinski definition) is 2. The van der Waals surface area contributed by atoms with Crippen LogP contribution < -0.4 is 11.3 Å². The summed E-state index contributed by atoms with van der Waals surface area (Å²) in [6.45, 7) is 0.548. The molecule has 0 aromatic rings. The van der Waals surface area contributed by atoms with E-state index in [9.17, 15) is 9.59 Å². The maximum absolute atomic E-state index is 11.7. The average Bonchev–Trinajstić information content (AvgIpc) is 2.84. The molecule has 1 heterocycles. The lowest BCUT2D eigenvalue weighted by Crippen LogP contribution is -2.39. The minimum Gasteiger partial charge on any atom is -0.339 e. The van der Waals surface area contributed by atoms with Gasteiger partial charge in [0.1, 0.15) is 0 Å². The second-order valence-electron chi connectivity index (χ2n) is 4.39. The Balaban J connectivity index is 1.97. The predicted octanol–water partition coefficient (Wildman–Crippen LogP) is -0.233. The summed E-state index contributed by atoms with van der Waals surface area (Å²) < 4.78 is 0. The van der Waals surface area contributed by atoms with Gasteiger partial charge < -0.3 is 4.90 Å². The van der Waals surface area contributed by atoms with Crippen molar-refractivity contribution in [3.05, 3.63) is 0 Å². The number of hydrazine groups is 1. The number of nitrogens with one attached hydrogen (secondary N) is 1. The van der Waals surface area contributed by atoms with Gasteiger partial charge in [-0.15, -0.1) is 0 Å². The number of carbonyl (C=O) groups is 2. The number of nitrogens with two attached hydrogens (primary N) is 1. The van der Waals surface area contributed by atoms with Gasteiger partial charge in [0, 0.05) is 19.0 Å². The monoisotopic (exact) mass is 211 g/mol. The minimum absolute atomic E-state index is 0.107. The second-order valence-corrected chi connectivity index (χ2v) is 4.39. The summed E-state index contributed by atoms with van der Waals surface area (Å²) >= 11 is 0. The van der Waals surface area contributed by atoms with Gasteiger partial charge >= 0.3 is 0 Å². The number of nitrogens with zero attached hydrogens (tertiary/aromatic N) is 1. The molecule has 1 saturated heterocycles. The van der Waals surface area contributed by atoms with E-state index in [0.717, 1.165) is 12.8 Å². The smallest absolute Gasteiger partial charge is 0.239 e. The summed E-state index contributed by atoms with van der Waals surface area (Å²) in [5.41, 5.74) is 2.12. The summed E-state index contributed by atoms with van der Waals surface area (Å²) in [5.74, 6) is 4.71. The van der Waals surface area contributed by atoms with Gasteiger partial charge in [-0.1, -0.05) is 12.8 Å². The molecule has 0 aromatic carbocycles. The lowest BCUT2D eigenvalue weighted by molar-refractivity contribution is -0.130. The third-order valence-corrected chi connectivity index (χ3v) is 3.44. The van der Waals surface area contributed by atoms with E-state index in [2.05, 4.69) is 5.43 Å². The fourth-order valence-electron chi connectivity index (χ4n) is 2.59. The van der Waals surface area contributed by atoms with Gasteiger partial charge in [-0.3, -0.25) is 15.0 Å². The van der Waals surface area contributed by atoms with Crippen LogP contribution in [0.25, 0.3) is 0 Å². The van der Waals surface area contributed by atoms with Crippen LogP contribution in [0.15, 0.2) is 0 Å².